The zero-order chi connectivity index (χ0) is 53.7. The number of rotatable bonds is 48. The van der Waals surface area contributed by atoms with Crippen LogP contribution in [0.15, 0.2) is 0 Å². The van der Waals surface area contributed by atoms with Gasteiger partial charge in [-0.15, -0.1) is 0 Å². The van der Waals surface area contributed by atoms with Crippen molar-refractivity contribution >= 4 is 67.5 Å². The summed E-state index contributed by atoms with van der Waals surface area (Å²) in [5, 5.41) is 40.0. The van der Waals surface area contributed by atoms with E-state index in [0.29, 0.717) is 0 Å². The Labute approximate surface area is 461 Å². The molecule has 0 bridgehead atoms. The van der Waals surface area contributed by atoms with Crippen molar-refractivity contribution < 1.29 is 39.6 Å². The first-order valence-electron chi connectivity index (χ1n) is 30.1. The number of carboxylic acids is 4. The Kier molecular flexibility index (Phi) is 95.3. The van der Waals surface area contributed by atoms with Gasteiger partial charge in [-0.1, -0.05) is 233 Å². The van der Waals surface area contributed by atoms with Crippen LogP contribution in [0, 0.1) is 0 Å². The van der Waals surface area contributed by atoms with Crippen LogP contribution in [0.5, 0.6) is 0 Å². The van der Waals surface area contributed by atoms with Gasteiger partial charge in [-0.3, -0.25) is 0 Å². The standard InChI is InChI=1S/2C18H36O2.2C6H12O2.3C4H9.2Sn/c2*1-2-3-4-5-6-7-8-9-10-11-12-13-14-15-16-17-18(19)20;2*1-2-3-4-5-6(7)8;3*1-3-4-2;;/h2*2-17H2,1H3,(H,19,20);2*2-5H2,1H3,(H,7,8);3*1,3-4H2,2H3;;/q;;;;;;;+2;+3/p-4. The molecule has 0 atom stereocenters. The molecule has 0 aliphatic heterocycles. The summed E-state index contributed by atoms with van der Waals surface area (Å²) in [5.41, 5.74) is 0. The van der Waals surface area contributed by atoms with E-state index in [2.05, 4.69) is 34.6 Å². The Hall–Kier alpha value is -0.523. The molecule has 0 aromatic rings. The summed E-state index contributed by atoms with van der Waals surface area (Å²) in [6, 6.07) is 0. The van der Waals surface area contributed by atoms with Crippen molar-refractivity contribution in [1.82, 2.24) is 0 Å². The summed E-state index contributed by atoms with van der Waals surface area (Å²) >= 11 is 1.83. The molecule has 0 amide bonds. The number of hydrogen-bond donors (Lipinski definition) is 0. The number of carboxylic acid groups (broad SMARTS) is 4. The second kappa shape index (κ2) is 82.5. The van der Waals surface area contributed by atoms with Crippen LogP contribution in [0.1, 0.15) is 344 Å². The van der Waals surface area contributed by atoms with Gasteiger partial charge in [0.25, 0.3) is 0 Å². The Morgan fingerprint density at radius 2 is 0.414 bits per heavy atom. The zero-order valence-electron chi connectivity index (χ0n) is 47.9. The van der Waals surface area contributed by atoms with Gasteiger partial charge in [-0.2, -0.15) is 0 Å². The molecular formula is C60H119O8Sn2+. The molecule has 0 unspecified atom stereocenters. The van der Waals surface area contributed by atoms with Gasteiger partial charge in [0.2, 0.25) is 0 Å². The van der Waals surface area contributed by atoms with Gasteiger partial charge in [-0.25, -0.2) is 0 Å². The van der Waals surface area contributed by atoms with Crippen molar-refractivity contribution in [2.45, 2.75) is 357 Å². The second-order valence-electron chi connectivity index (χ2n) is 19.4. The minimum atomic E-state index is -0.932. The van der Waals surface area contributed by atoms with E-state index in [1.807, 2.05) is 13.8 Å². The molecule has 0 fully saturated rings. The van der Waals surface area contributed by atoms with Gasteiger partial charge < -0.3 is 39.6 Å². The van der Waals surface area contributed by atoms with Crippen molar-refractivity contribution in [1.29, 1.82) is 0 Å². The second-order valence-corrected chi connectivity index (χ2v) is 25.1. The van der Waals surface area contributed by atoms with E-state index < -0.39 is 23.9 Å². The van der Waals surface area contributed by atoms with Crippen LogP contribution >= 0.6 is 0 Å². The van der Waals surface area contributed by atoms with Crippen LogP contribution < -0.4 is 20.4 Å². The molecule has 0 aromatic carbocycles. The molecule has 70 heavy (non-hydrogen) atoms. The summed E-state index contributed by atoms with van der Waals surface area (Å²) in [6.07, 6.45) is 54.4. The van der Waals surface area contributed by atoms with E-state index in [1.54, 1.807) is 31.4 Å². The van der Waals surface area contributed by atoms with Crippen LogP contribution in [-0.2, 0) is 19.2 Å². The van der Waals surface area contributed by atoms with Gasteiger partial charge in [-0.05, 0) is 51.4 Å². The average Bonchev–Trinajstić information content (AvgIpc) is 3.32. The van der Waals surface area contributed by atoms with Crippen molar-refractivity contribution in [3.63, 3.8) is 0 Å². The monoisotopic (exact) mass is 1210 g/mol. The maximum absolute atomic E-state index is 10.2. The third-order valence-corrected chi connectivity index (χ3v) is 16.9. The normalized spacial score (nSPS) is 10.1. The van der Waals surface area contributed by atoms with Crippen molar-refractivity contribution in [3.8, 4) is 0 Å². The quantitative estimate of drug-likeness (QED) is 0.0430. The fourth-order valence-electron chi connectivity index (χ4n) is 7.23. The summed E-state index contributed by atoms with van der Waals surface area (Å²) in [4.78, 5) is 40.0. The average molecular weight is 1210 g/mol. The molecule has 8 nitrogen and oxygen atoms in total. The number of hydrogen-bond acceptors (Lipinski definition) is 8. The van der Waals surface area contributed by atoms with Crippen LogP contribution in [0.25, 0.3) is 0 Å². The van der Waals surface area contributed by atoms with Crippen LogP contribution in [0.3, 0.4) is 0 Å². The Balaban J connectivity index is -0.000000189. The molecule has 0 saturated heterocycles. The number of carbonyl (C=O) groups excluding carboxylic acids is 4. The molecule has 0 aliphatic carbocycles. The molecule has 0 radical (unpaired) electrons. The molecule has 0 N–H and O–H groups in total. The molecule has 0 aliphatic rings. The van der Waals surface area contributed by atoms with Crippen LogP contribution in [-0.4, -0.2) is 67.5 Å². The first kappa shape index (κ1) is 80.9. The molecule has 10 heteroatoms. The van der Waals surface area contributed by atoms with Crippen molar-refractivity contribution in [2.75, 3.05) is 0 Å². The molecule has 0 saturated carbocycles. The first-order valence-corrected chi connectivity index (χ1v) is 36.1. The third kappa shape index (κ3) is 113. The number of carbonyl (C=O) groups is 4. The molecule has 0 heterocycles. The maximum atomic E-state index is 10.2. The predicted molar refractivity (Wildman–Crippen MR) is 298 cm³/mol. The predicted octanol–water partition coefficient (Wildman–Crippen LogP) is 15.1. The summed E-state index contributed by atoms with van der Waals surface area (Å²) < 4.78 is 4.68. The Morgan fingerprint density at radius 3 is 0.571 bits per heavy atom. The number of aliphatic carboxylic acids is 4. The fraction of sp³-hybridized carbons (Fsp3) is 0.933. The molecule has 0 spiro atoms. The SMILES string of the molecule is CCCCCC(=O)[O-].CCCCCC(=O)[O-].CCCCCCCCCCCCCCCCCC(=O)[O-].CCCCCCCCCCCCCCCCCC(=O)[O-].CCC[CH2][Sn+2][CH2]CCC.CCC[CH2][Sn+3]. The van der Waals surface area contributed by atoms with E-state index in [4.69, 9.17) is 0 Å². The third-order valence-electron chi connectivity index (χ3n) is 11.9. The van der Waals surface area contributed by atoms with E-state index in [1.165, 1.54) is 210 Å². The van der Waals surface area contributed by atoms with Crippen LogP contribution in [0.4, 0.5) is 0 Å². The van der Waals surface area contributed by atoms with Crippen molar-refractivity contribution in [3.05, 3.63) is 0 Å². The molecular weight excluding hydrogens is 1090 g/mol. The van der Waals surface area contributed by atoms with E-state index >= 15 is 0 Å². The zero-order valence-corrected chi connectivity index (χ0v) is 53.6. The first-order chi connectivity index (χ1) is 33.9. The molecule has 0 rings (SSSR count). The molecule has 0 aromatic heterocycles. The topological polar surface area (TPSA) is 161 Å². The van der Waals surface area contributed by atoms with Crippen LogP contribution in [0.2, 0.25) is 13.3 Å². The van der Waals surface area contributed by atoms with Gasteiger partial charge >= 0.3 is 116 Å². The van der Waals surface area contributed by atoms with Gasteiger partial charge in [0.1, 0.15) is 0 Å². The summed E-state index contributed by atoms with van der Waals surface area (Å²) in [7, 11) is 0. The van der Waals surface area contributed by atoms with Gasteiger partial charge in [0, 0.05) is 23.9 Å². The van der Waals surface area contributed by atoms with Gasteiger partial charge in [0.15, 0.2) is 0 Å². The molecule has 414 valence electrons. The Morgan fingerprint density at radius 1 is 0.257 bits per heavy atom. The van der Waals surface area contributed by atoms with E-state index in [0.717, 1.165) is 64.2 Å². The van der Waals surface area contributed by atoms with E-state index in [9.17, 15) is 39.6 Å². The van der Waals surface area contributed by atoms with Crippen molar-refractivity contribution in [2.24, 2.45) is 0 Å². The summed E-state index contributed by atoms with van der Waals surface area (Å²) in [6.45, 7) is 15.4. The summed E-state index contributed by atoms with van der Waals surface area (Å²) in [5.74, 6) is -3.67. The van der Waals surface area contributed by atoms with Gasteiger partial charge in [0.05, 0.1) is 0 Å². The Bertz CT molecular complexity index is 880. The minimum absolute atomic E-state index is 0.149. The van der Waals surface area contributed by atoms with E-state index in [-0.39, 0.29) is 46.8 Å². The number of unbranched alkanes of at least 4 members (excludes halogenated alkanes) is 35. The fourth-order valence-corrected chi connectivity index (χ4v) is 12.4.